The number of rotatable bonds is 4. The summed E-state index contributed by atoms with van der Waals surface area (Å²) in [6, 6.07) is 8.71. The van der Waals surface area contributed by atoms with Gasteiger partial charge in [0, 0.05) is 29.7 Å². The molecule has 0 unspecified atom stereocenters. The van der Waals surface area contributed by atoms with Crippen LogP contribution in [0.15, 0.2) is 38.3 Å². The molecule has 0 bridgehead atoms. The highest BCUT2D eigenvalue weighted by Crippen LogP contribution is 2.31. The van der Waals surface area contributed by atoms with Gasteiger partial charge in [-0.1, -0.05) is 17.7 Å². The number of nitrogens with one attached hydrogen (secondary N) is 1. The molecular weight excluding hydrogens is 460 g/mol. The number of amides is 1. The second kappa shape index (κ2) is 7.98. The quantitative estimate of drug-likeness (QED) is 0.704. The number of carbonyl (C=O) groups excluding carboxylic acids is 1. The lowest BCUT2D eigenvalue weighted by atomic mass is 9.97. The number of nitrogens with zero attached hydrogens (tertiary/aromatic N) is 1. The minimum atomic E-state index is -3.49. The zero-order valence-corrected chi connectivity index (χ0v) is 18.0. The average molecular weight is 478 g/mol. The van der Waals surface area contributed by atoms with Gasteiger partial charge < -0.3 is 5.32 Å². The maximum Gasteiger partial charge on any atom is 0.252 e. The molecule has 9 heteroatoms. The van der Waals surface area contributed by atoms with Crippen LogP contribution >= 0.6 is 38.9 Å². The van der Waals surface area contributed by atoms with Crippen LogP contribution in [0.4, 0.5) is 5.69 Å². The van der Waals surface area contributed by atoms with Crippen molar-refractivity contribution >= 4 is 60.5 Å². The number of sulfonamides is 1. The van der Waals surface area contributed by atoms with Crippen LogP contribution in [0.25, 0.3) is 0 Å². The van der Waals surface area contributed by atoms with Gasteiger partial charge in [0.15, 0.2) is 0 Å². The van der Waals surface area contributed by atoms with E-state index in [2.05, 4.69) is 21.2 Å². The first-order valence-electron chi connectivity index (χ1n) is 8.10. The van der Waals surface area contributed by atoms with Gasteiger partial charge in [0.25, 0.3) is 10.0 Å². The van der Waals surface area contributed by atoms with Crippen LogP contribution in [-0.2, 0) is 14.8 Å². The topological polar surface area (TPSA) is 66.5 Å². The van der Waals surface area contributed by atoms with E-state index in [0.717, 1.165) is 9.35 Å². The number of anilines is 1. The van der Waals surface area contributed by atoms with Gasteiger partial charge in [-0.05, 0) is 65.5 Å². The SMILES string of the molecule is Cc1c(Cl)cccc1NC(=O)C1CCN(S(=O)(=O)c2ccc(Br)s2)CC1. The van der Waals surface area contributed by atoms with E-state index in [-0.39, 0.29) is 11.8 Å². The van der Waals surface area contributed by atoms with E-state index in [9.17, 15) is 13.2 Å². The summed E-state index contributed by atoms with van der Waals surface area (Å²) in [7, 11) is -3.49. The van der Waals surface area contributed by atoms with E-state index in [1.54, 1.807) is 24.3 Å². The van der Waals surface area contributed by atoms with Crippen LogP contribution in [0, 0.1) is 12.8 Å². The van der Waals surface area contributed by atoms with Crippen molar-refractivity contribution in [3.05, 3.63) is 44.7 Å². The van der Waals surface area contributed by atoms with Gasteiger partial charge in [-0.15, -0.1) is 11.3 Å². The Bertz CT molecular complexity index is 922. The molecule has 0 radical (unpaired) electrons. The lowest BCUT2D eigenvalue weighted by Crippen LogP contribution is -2.41. The van der Waals surface area contributed by atoms with Gasteiger partial charge in [-0.3, -0.25) is 4.79 Å². The predicted octanol–water partition coefficient (Wildman–Crippen LogP) is 4.51. The molecular formula is C17H18BrClN2O3S2. The molecule has 1 fully saturated rings. The number of thiophene rings is 1. The molecule has 26 heavy (non-hydrogen) atoms. The smallest absolute Gasteiger partial charge is 0.252 e. The van der Waals surface area contributed by atoms with Gasteiger partial charge in [0.1, 0.15) is 4.21 Å². The third-order valence-corrected chi connectivity index (χ3v) is 8.89. The second-order valence-electron chi connectivity index (χ2n) is 6.14. The van der Waals surface area contributed by atoms with E-state index in [1.165, 1.54) is 15.6 Å². The minimum Gasteiger partial charge on any atom is -0.326 e. The molecule has 3 rings (SSSR count). The molecule has 140 valence electrons. The molecule has 1 N–H and O–H groups in total. The average Bonchev–Trinajstić information content (AvgIpc) is 3.06. The summed E-state index contributed by atoms with van der Waals surface area (Å²) < 4.78 is 27.9. The molecule has 0 saturated carbocycles. The standard InChI is InChI=1S/C17H18BrClN2O3S2/c1-11-13(19)3-2-4-14(11)20-17(22)12-7-9-21(10-8-12)26(23,24)16-6-5-15(18)25-16/h2-6,12H,7-10H2,1H3,(H,20,22). The summed E-state index contributed by atoms with van der Waals surface area (Å²) >= 11 is 10.6. The molecule has 1 aromatic carbocycles. The zero-order valence-electron chi connectivity index (χ0n) is 14.0. The molecule has 0 atom stereocenters. The van der Waals surface area contributed by atoms with Gasteiger partial charge >= 0.3 is 0 Å². The highest BCUT2D eigenvalue weighted by Gasteiger charge is 2.33. The number of hydrogen-bond donors (Lipinski definition) is 1. The second-order valence-corrected chi connectivity index (χ2v) is 11.2. The first-order valence-corrected chi connectivity index (χ1v) is 11.5. The van der Waals surface area contributed by atoms with E-state index in [4.69, 9.17) is 11.6 Å². The molecule has 1 amide bonds. The Hall–Kier alpha value is -0.930. The molecule has 1 saturated heterocycles. The van der Waals surface area contributed by atoms with Gasteiger partial charge in [-0.2, -0.15) is 4.31 Å². The fourth-order valence-electron chi connectivity index (χ4n) is 2.90. The van der Waals surface area contributed by atoms with Crippen molar-refractivity contribution in [3.8, 4) is 0 Å². The van der Waals surface area contributed by atoms with Crippen molar-refractivity contribution in [3.63, 3.8) is 0 Å². The highest BCUT2D eigenvalue weighted by atomic mass is 79.9. The van der Waals surface area contributed by atoms with Crippen molar-refractivity contribution in [1.29, 1.82) is 0 Å². The van der Waals surface area contributed by atoms with Crippen LogP contribution in [-0.4, -0.2) is 31.7 Å². The van der Waals surface area contributed by atoms with Crippen molar-refractivity contribution in [2.45, 2.75) is 24.0 Å². The first kappa shape index (κ1) is 19.8. The van der Waals surface area contributed by atoms with Crippen molar-refractivity contribution in [1.82, 2.24) is 4.31 Å². The number of carbonyl (C=O) groups is 1. The van der Waals surface area contributed by atoms with E-state index in [1.807, 2.05) is 13.0 Å². The van der Waals surface area contributed by atoms with Crippen LogP contribution in [0.5, 0.6) is 0 Å². The number of benzene rings is 1. The number of halogens is 2. The van der Waals surface area contributed by atoms with E-state index < -0.39 is 10.0 Å². The maximum atomic E-state index is 12.7. The summed E-state index contributed by atoms with van der Waals surface area (Å²) in [5.74, 6) is -0.304. The van der Waals surface area contributed by atoms with Crippen LogP contribution in [0.3, 0.4) is 0 Å². The van der Waals surface area contributed by atoms with E-state index in [0.29, 0.717) is 40.9 Å². The maximum absolute atomic E-state index is 12.7. The lowest BCUT2D eigenvalue weighted by molar-refractivity contribution is -0.120. The monoisotopic (exact) mass is 476 g/mol. The predicted molar refractivity (Wildman–Crippen MR) is 108 cm³/mol. The number of hydrogen-bond acceptors (Lipinski definition) is 4. The fourth-order valence-corrected chi connectivity index (χ4v) is 6.71. The molecule has 1 aromatic heterocycles. The third kappa shape index (κ3) is 4.14. The first-order chi connectivity index (χ1) is 12.3. The molecule has 2 aromatic rings. The van der Waals surface area contributed by atoms with Crippen molar-refractivity contribution < 1.29 is 13.2 Å². The molecule has 1 aliphatic rings. The zero-order chi connectivity index (χ0) is 18.9. The third-order valence-electron chi connectivity index (χ3n) is 4.49. The molecule has 1 aliphatic heterocycles. The van der Waals surface area contributed by atoms with Crippen molar-refractivity contribution in [2.24, 2.45) is 5.92 Å². The van der Waals surface area contributed by atoms with Gasteiger partial charge in [-0.25, -0.2) is 8.42 Å². The Labute approximate surface area is 170 Å². The summed E-state index contributed by atoms with van der Waals surface area (Å²) in [5, 5.41) is 3.52. The lowest BCUT2D eigenvalue weighted by Gasteiger charge is -2.30. The van der Waals surface area contributed by atoms with E-state index >= 15 is 0 Å². The molecule has 0 aliphatic carbocycles. The van der Waals surface area contributed by atoms with Crippen LogP contribution < -0.4 is 5.32 Å². The Morgan fingerprint density at radius 2 is 1.96 bits per heavy atom. The molecule has 2 heterocycles. The Balaban J connectivity index is 1.63. The Morgan fingerprint density at radius 3 is 2.58 bits per heavy atom. The van der Waals surface area contributed by atoms with Crippen molar-refractivity contribution in [2.75, 3.05) is 18.4 Å². The molecule has 0 spiro atoms. The fraction of sp³-hybridized carbons (Fsp3) is 0.353. The van der Waals surface area contributed by atoms with Crippen LogP contribution in [0.1, 0.15) is 18.4 Å². The summed E-state index contributed by atoms with van der Waals surface area (Å²) in [6.45, 7) is 2.53. The summed E-state index contributed by atoms with van der Waals surface area (Å²) in [4.78, 5) is 12.5. The van der Waals surface area contributed by atoms with Gasteiger partial charge in [0.2, 0.25) is 5.91 Å². The molecule has 5 nitrogen and oxygen atoms in total. The summed E-state index contributed by atoms with van der Waals surface area (Å²) in [5.41, 5.74) is 1.52. The van der Waals surface area contributed by atoms with Crippen LogP contribution in [0.2, 0.25) is 5.02 Å². The highest BCUT2D eigenvalue weighted by molar-refractivity contribution is 9.11. The number of piperidine rings is 1. The normalized spacial score (nSPS) is 16.6. The largest absolute Gasteiger partial charge is 0.326 e. The Kier molecular flexibility index (Phi) is 6.08. The summed E-state index contributed by atoms with van der Waals surface area (Å²) in [6.07, 6.45) is 0.994. The minimum absolute atomic E-state index is 0.0914. The van der Waals surface area contributed by atoms with Gasteiger partial charge in [0.05, 0.1) is 3.79 Å². The Morgan fingerprint density at radius 1 is 1.27 bits per heavy atom.